The van der Waals surface area contributed by atoms with Gasteiger partial charge in [0.1, 0.15) is 0 Å². The number of nitrogens with zero attached hydrogens (tertiary/aromatic N) is 4. The summed E-state index contributed by atoms with van der Waals surface area (Å²) in [6.45, 7) is 6.03. The number of aromatic nitrogens is 3. The van der Waals surface area contributed by atoms with Crippen molar-refractivity contribution in [3.8, 4) is 11.4 Å². The molecule has 1 heterocycles. The Kier molecular flexibility index (Phi) is 7.12. The van der Waals surface area contributed by atoms with Crippen molar-refractivity contribution < 1.29 is 4.79 Å². The van der Waals surface area contributed by atoms with E-state index in [4.69, 9.17) is 11.6 Å². The maximum Gasteiger partial charge on any atom is 0.233 e. The summed E-state index contributed by atoms with van der Waals surface area (Å²) in [6, 6.07) is 17.7. The van der Waals surface area contributed by atoms with E-state index in [1.807, 2.05) is 61.2 Å². The number of carbonyl (C=O) groups excluding carboxylic acids is 1. The Morgan fingerprint density at radius 1 is 1.04 bits per heavy atom. The van der Waals surface area contributed by atoms with Crippen LogP contribution in [0.2, 0.25) is 5.02 Å². The molecule has 0 aliphatic heterocycles. The summed E-state index contributed by atoms with van der Waals surface area (Å²) in [5, 5.41) is 10.2. The number of benzene rings is 2. The summed E-state index contributed by atoms with van der Waals surface area (Å²) in [5.74, 6) is 1.21. The first-order chi connectivity index (χ1) is 13.6. The van der Waals surface area contributed by atoms with Crippen LogP contribution in [0.5, 0.6) is 0 Å². The van der Waals surface area contributed by atoms with Gasteiger partial charge < -0.3 is 4.90 Å². The van der Waals surface area contributed by atoms with Gasteiger partial charge in [0.15, 0.2) is 11.0 Å². The quantitative estimate of drug-likeness (QED) is 0.505. The number of amides is 1. The zero-order valence-electron chi connectivity index (χ0n) is 16.0. The summed E-state index contributed by atoms with van der Waals surface area (Å²) in [7, 11) is 0. The highest BCUT2D eigenvalue weighted by Crippen LogP contribution is 2.26. The van der Waals surface area contributed by atoms with Crippen molar-refractivity contribution in [3.63, 3.8) is 0 Å². The molecule has 1 aromatic heterocycles. The molecule has 0 saturated heterocycles. The first kappa shape index (κ1) is 20.4. The molecular weight excluding hydrogens is 392 g/mol. The molecule has 0 fully saturated rings. The van der Waals surface area contributed by atoms with Gasteiger partial charge >= 0.3 is 0 Å². The molecule has 0 saturated carbocycles. The fourth-order valence-electron chi connectivity index (χ4n) is 2.91. The van der Waals surface area contributed by atoms with E-state index in [0.29, 0.717) is 30.4 Å². The van der Waals surface area contributed by atoms with Crippen LogP contribution < -0.4 is 0 Å². The lowest BCUT2D eigenvalue weighted by Gasteiger charge is -2.18. The van der Waals surface area contributed by atoms with Gasteiger partial charge in [-0.15, -0.1) is 10.2 Å². The van der Waals surface area contributed by atoms with Crippen LogP contribution in [0.1, 0.15) is 19.4 Å². The maximum absolute atomic E-state index is 12.4. The first-order valence-corrected chi connectivity index (χ1v) is 10.6. The monoisotopic (exact) mass is 414 g/mol. The van der Waals surface area contributed by atoms with Gasteiger partial charge in [-0.2, -0.15) is 0 Å². The van der Waals surface area contributed by atoms with Crippen LogP contribution in [0.4, 0.5) is 0 Å². The maximum atomic E-state index is 12.4. The Morgan fingerprint density at radius 2 is 1.71 bits per heavy atom. The predicted octanol–water partition coefficient (Wildman–Crippen LogP) is 4.61. The van der Waals surface area contributed by atoms with Gasteiger partial charge in [0.05, 0.1) is 12.3 Å². The van der Waals surface area contributed by atoms with Crippen LogP contribution in [-0.4, -0.2) is 44.4 Å². The van der Waals surface area contributed by atoms with Gasteiger partial charge in [0.25, 0.3) is 0 Å². The summed E-state index contributed by atoms with van der Waals surface area (Å²) in [4.78, 5) is 14.2. The van der Waals surface area contributed by atoms with Crippen molar-refractivity contribution in [2.75, 3.05) is 18.8 Å². The number of halogens is 1. The second kappa shape index (κ2) is 9.75. The average Bonchev–Trinajstić information content (AvgIpc) is 3.11. The van der Waals surface area contributed by atoms with Crippen molar-refractivity contribution >= 4 is 29.3 Å². The Hall–Kier alpha value is -2.31. The lowest BCUT2D eigenvalue weighted by Crippen LogP contribution is -2.31. The number of carbonyl (C=O) groups is 1. The van der Waals surface area contributed by atoms with E-state index in [-0.39, 0.29) is 5.91 Å². The van der Waals surface area contributed by atoms with E-state index in [9.17, 15) is 4.79 Å². The molecule has 28 heavy (non-hydrogen) atoms. The Morgan fingerprint density at radius 3 is 2.36 bits per heavy atom. The highest BCUT2D eigenvalue weighted by atomic mass is 35.5. The average molecular weight is 415 g/mol. The third-order valence-electron chi connectivity index (χ3n) is 4.44. The zero-order valence-corrected chi connectivity index (χ0v) is 17.6. The smallest absolute Gasteiger partial charge is 0.233 e. The molecule has 0 spiro atoms. The van der Waals surface area contributed by atoms with E-state index in [2.05, 4.69) is 26.9 Å². The molecule has 0 aliphatic carbocycles. The summed E-state index contributed by atoms with van der Waals surface area (Å²) < 4.78 is 2.05. The number of hydrogen-bond donors (Lipinski definition) is 0. The molecule has 7 heteroatoms. The summed E-state index contributed by atoms with van der Waals surface area (Å²) >= 11 is 7.45. The van der Waals surface area contributed by atoms with E-state index < -0.39 is 0 Å². The molecule has 5 nitrogen and oxygen atoms in total. The second-order valence-electron chi connectivity index (χ2n) is 6.24. The lowest BCUT2D eigenvalue weighted by molar-refractivity contribution is -0.127. The number of rotatable bonds is 8. The van der Waals surface area contributed by atoms with Crippen LogP contribution in [0.3, 0.4) is 0 Å². The first-order valence-electron chi connectivity index (χ1n) is 9.26. The van der Waals surface area contributed by atoms with Crippen LogP contribution in [0.25, 0.3) is 11.4 Å². The van der Waals surface area contributed by atoms with Gasteiger partial charge in [-0.1, -0.05) is 53.7 Å². The van der Waals surface area contributed by atoms with Gasteiger partial charge in [-0.25, -0.2) is 0 Å². The van der Waals surface area contributed by atoms with Gasteiger partial charge in [0.2, 0.25) is 5.91 Å². The molecular formula is C21H23ClN4OS. The predicted molar refractivity (Wildman–Crippen MR) is 115 cm³/mol. The topological polar surface area (TPSA) is 51.0 Å². The third kappa shape index (κ3) is 4.94. The third-order valence-corrected chi connectivity index (χ3v) is 5.65. The minimum Gasteiger partial charge on any atom is -0.343 e. The molecule has 0 N–H and O–H groups in total. The van der Waals surface area contributed by atoms with Crippen molar-refractivity contribution in [2.24, 2.45) is 0 Å². The molecule has 3 aromatic rings. The molecule has 3 rings (SSSR count). The molecule has 0 radical (unpaired) electrons. The lowest BCUT2D eigenvalue weighted by atomic mass is 10.2. The molecule has 0 atom stereocenters. The fraction of sp³-hybridized carbons (Fsp3) is 0.286. The van der Waals surface area contributed by atoms with Gasteiger partial charge in [-0.3, -0.25) is 9.36 Å². The minimum atomic E-state index is 0.109. The molecule has 0 aliphatic rings. The van der Waals surface area contributed by atoms with E-state index in [0.717, 1.165) is 22.1 Å². The van der Waals surface area contributed by atoms with Crippen LogP contribution in [0, 0.1) is 0 Å². The normalized spacial score (nSPS) is 10.8. The zero-order chi connectivity index (χ0) is 19.9. The largest absolute Gasteiger partial charge is 0.343 e. The molecule has 0 unspecified atom stereocenters. The van der Waals surface area contributed by atoms with Crippen molar-refractivity contribution in [2.45, 2.75) is 25.5 Å². The molecule has 1 amide bonds. The van der Waals surface area contributed by atoms with Crippen molar-refractivity contribution in [1.29, 1.82) is 0 Å². The molecule has 0 bridgehead atoms. The van der Waals surface area contributed by atoms with Crippen molar-refractivity contribution in [1.82, 2.24) is 19.7 Å². The minimum absolute atomic E-state index is 0.109. The number of hydrogen-bond acceptors (Lipinski definition) is 4. The van der Waals surface area contributed by atoms with Gasteiger partial charge in [-0.05, 0) is 43.7 Å². The van der Waals surface area contributed by atoms with Crippen LogP contribution >= 0.6 is 23.4 Å². The van der Waals surface area contributed by atoms with Crippen molar-refractivity contribution in [3.05, 3.63) is 65.2 Å². The summed E-state index contributed by atoms with van der Waals surface area (Å²) in [5.41, 5.74) is 2.09. The summed E-state index contributed by atoms with van der Waals surface area (Å²) in [6.07, 6.45) is 0. The second-order valence-corrected chi connectivity index (χ2v) is 7.62. The van der Waals surface area contributed by atoms with E-state index in [1.54, 1.807) is 0 Å². The molecule has 2 aromatic carbocycles. The molecule has 146 valence electrons. The fourth-order valence-corrected chi connectivity index (χ4v) is 3.88. The van der Waals surface area contributed by atoms with Crippen LogP contribution in [0.15, 0.2) is 59.8 Å². The highest BCUT2D eigenvalue weighted by molar-refractivity contribution is 7.99. The van der Waals surface area contributed by atoms with Crippen LogP contribution in [-0.2, 0) is 11.3 Å². The van der Waals surface area contributed by atoms with E-state index >= 15 is 0 Å². The number of thioether (sulfide) groups is 1. The Labute approximate surface area is 174 Å². The van der Waals surface area contributed by atoms with E-state index in [1.165, 1.54) is 11.8 Å². The Balaban J connectivity index is 1.89. The highest BCUT2D eigenvalue weighted by Gasteiger charge is 2.17. The Bertz CT molecular complexity index is 908. The standard InChI is InChI=1S/C21H23ClN4OS/c1-3-25(4-2)19(27)15-28-21-24-23-20(17-10-12-18(22)13-11-17)26(21)14-16-8-6-5-7-9-16/h5-13H,3-4,14-15H2,1-2H3. The van der Waals surface area contributed by atoms with Gasteiger partial charge in [0, 0.05) is 23.7 Å². The SMILES string of the molecule is CCN(CC)C(=O)CSc1nnc(-c2ccc(Cl)cc2)n1Cc1ccccc1.